The van der Waals surface area contributed by atoms with Gasteiger partial charge in [-0.1, -0.05) is 66.5 Å². The number of rotatable bonds is 9. The highest BCUT2D eigenvalue weighted by Crippen LogP contribution is 2.30. The molecule has 162 valence electrons. The second-order valence-corrected chi connectivity index (χ2v) is 8.75. The number of nitrogens with zero attached hydrogens (tertiary/aromatic N) is 3. The molecule has 0 saturated carbocycles. The third kappa shape index (κ3) is 6.09. The zero-order valence-corrected chi connectivity index (χ0v) is 19.0. The van der Waals surface area contributed by atoms with Crippen LogP contribution in [0.25, 0.3) is 11.3 Å². The van der Waals surface area contributed by atoms with Gasteiger partial charge < -0.3 is 10.1 Å². The average molecular weight is 443 g/mol. The number of para-hydroxylation sites is 1. The van der Waals surface area contributed by atoms with E-state index in [9.17, 15) is 0 Å². The van der Waals surface area contributed by atoms with Gasteiger partial charge in [0.05, 0.1) is 5.69 Å². The molecule has 0 saturated heterocycles. The molecule has 0 spiro atoms. The maximum absolute atomic E-state index is 6.11. The third-order valence-electron chi connectivity index (χ3n) is 4.76. The summed E-state index contributed by atoms with van der Waals surface area (Å²) in [7, 11) is 4.10. The molecular weight excluding hydrogens is 416 g/mol. The summed E-state index contributed by atoms with van der Waals surface area (Å²) in [6.45, 7) is 0.506. The molecule has 0 amide bonds. The summed E-state index contributed by atoms with van der Waals surface area (Å²) in [5.41, 5.74) is 5.12. The zero-order chi connectivity index (χ0) is 22.2. The van der Waals surface area contributed by atoms with Crippen LogP contribution in [0.4, 0.5) is 11.5 Å². The second kappa shape index (κ2) is 10.8. The predicted molar refractivity (Wildman–Crippen MR) is 133 cm³/mol. The van der Waals surface area contributed by atoms with Crippen molar-refractivity contribution in [2.24, 2.45) is 0 Å². The largest absolute Gasteiger partial charge is 0.488 e. The molecule has 0 aliphatic carbocycles. The highest BCUT2D eigenvalue weighted by atomic mass is 32.2. The van der Waals surface area contributed by atoms with Crippen molar-refractivity contribution in [3.05, 3.63) is 102 Å². The van der Waals surface area contributed by atoms with Crippen molar-refractivity contribution in [3.63, 3.8) is 0 Å². The molecule has 4 aromatic rings. The highest BCUT2D eigenvalue weighted by molar-refractivity contribution is 7.96. The van der Waals surface area contributed by atoms with Gasteiger partial charge in [-0.15, -0.1) is 0 Å². The fraction of sp³-hybridized carbons (Fsp3) is 0.154. The first-order chi connectivity index (χ1) is 15.7. The van der Waals surface area contributed by atoms with Gasteiger partial charge in [-0.2, -0.15) is 0 Å². The third-order valence-corrected chi connectivity index (χ3v) is 5.73. The number of hydrogen-bond donors (Lipinski definition) is 1. The molecule has 1 N–H and O–H groups in total. The van der Waals surface area contributed by atoms with Crippen LogP contribution in [-0.2, 0) is 12.4 Å². The number of benzene rings is 3. The Kier molecular flexibility index (Phi) is 7.38. The van der Waals surface area contributed by atoms with Gasteiger partial charge in [0.25, 0.3) is 0 Å². The summed E-state index contributed by atoms with van der Waals surface area (Å²) >= 11 is 1.77. The minimum absolute atomic E-state index is 0.506. The van der Waals surface area contributed by atoms with Crippen LogP contribution in [0.15, 0.2) is 91.3 Å². The summed E-state index contributed by atoms with van der Waals surface area (Å²) in [5.74, 6) is 2.46. The lowest BCUT2D eigenvalue weighted by molar-refractivity contribution is 0.307. The molecule has 4 rings (SSSR count). The lowest BCUT2D eigenvalue weighted by Crippen LogP contribution is -2.01. The summed E-state index contributed by atoms with van der Waals surface area (Å²) in [6, 6.07) is 28.4. The molecule has 0 bridgehead atoms. The van der Waals surface area contributed by atoms with Crippen LogP contribution in [0.3, 0.4) is 0 Å². The Morgan fingerprint density at radius 2 is 1.62 bits per heavy atom. The molecule has 0 unspecified atom stereocenters. The van der Waals surface area contributed by atoms with Gasteiger partial charge in [0.15, 0.2) is 0 Å². The molecule has 0 radical (unpaired) electrons. The number of nitrogens with one attached hydrogen (secondary N) is 1. The van der Waals surface area contributed by atoms with Crippen molar-refractivity contribution in [3.8, 4) is 17.0 Å². The van der Waals surface area contributed by atoms with Crippen molar-refractivity contribution in [2.75, 3.05) is 19.4 Å². The van der Waals surface area contributed by atoms with Crippen LogP contribution >= 0.6 is 11.9 Å². The zero-order valence-electron chi connectivity index (χ0n) is 18.2. The van der Waals surface area contributed by atoms with Crippen LogP contribution < -0.4 is 10.1 Å². The Morgan fingerprint density at radius 1 is 0.844 bits per heavy atom. The molecule has 1 heterocycles. The average Bonchev–Trinajstić information content (AvgIpc) is 2.83. The Labute approximate surface area is 193 Å². The molecule has 0 aliphatic rings. The number of anilines is 2. The van der Waals surface area contributed by atoms with E-state index < -0.39 is 0 Å². The van der Waals surface area contributed by atoms with Crippen LogP contribution in [0.1, 0.15) is 11.1 Å². The monoisotopic (exact) mass is 442 g/mol. The fourth-order valence-corrected chi connectivity index (χ4v) is 3.79. The molecule has 0 fully saturated rings. The number of aromatic nitrogens is 2. The van der Waals surface area contributed by atoms with Crippen molar-refractivity contribution in [1.82, 2.24) is 14.3 Å². The molecule has 3 aromatic carbocycles. The Hall–Kier alpha value is -3.35. The van der Waals surface area contributed by atoms with Gasteiger partial charge >= 0.3 is 0 Å². The lowest BCUT2D eigenvalue weighted by atomic mass is 10.1. The maximum atomic E-state index is 6.11. The Morgan fingerprint density at radius 3 is 2.47 bits per heavy atom. The van der Waals surface area contributed by atoms with Crippen LogP contribution in [0, 0.1) is 0 Å². The van der Waals surface area contributed by atoms with Gasteiger partial charge in [0.1, 0.15) is 24.5 Å². The molecule has 32 heavy (non-hydrogen) atoms. The summed E-state index contributed by atoms with van der Waals surface area (Å²) in [6.07, 6.45) is 1.58. The Bertz CT molecular complexity index is 1150. The molecule has 1 aromatic heterocycles. The minimum Gasteiger partial charge on any atom is -0.488 e. The normalized spacial score (nSPS) is 10.8. The van der Waals surface area contributed by atoms with E-state index in [-0.39, 0.29) is 0 Å². The van der Waals surface area contributed by atoms with E-state index >= 15 is 0 Å². The van der Waals surface area contributed by atoms with Crippen molar-refractivity contribution in [1.29, 1.82) is 0 Å². The highest BCUT2D eigenvalue weighted by Gasteiger charge is 2.09. The molecule has 0 atom stereocenters. The van der Waals surface area contributed by atoms with E-state index in [1.807, 2.05) is 54.6 Å². The van der Waals surface area contributed by atoms with Gasteiger partial charge in [-0.25, -0.2) is 9.97 Å². The smallest absolute Gasteiger partial charge is 0.134 e. The van der Waals surface area contributed by atoms with Gasteiger partial charge in [-0.3, -0.25) is 4.31 Å². The number of hydrogen-bond acceptors (Lipinski definition) is 6. The van der Waals surface area contributed by atoms with E-state index in [1.165, 1.54) is 5.56 Å². The van der Waals surface area contributed by atoms with E-state index in [4.69, 9.17) is 4.74 Å². The van der Waals surface area contributed by atoms with Crippen LogP contribution in [-0.4, -0.2) is 28.4 Å². The minimum atomic E-state index is 0.506. The van der Waals surface area contributed by atoms with Crippen LogP contribution in [0.2, 0.25) is 0 Å². The molecule has 0 aliphatic heterocycles. The predicted octanol–water partition coefficient (Wildman–Crippen LogP) is 6.18. The SMILES string of the molecule is CN(C)SCc1cccc(Nc2cc(-c3ccccc3OCc3ccccc3)ncn2)c1. The van der Waals surface area contributed by atoms with Crippen LogP contribution in [0.5, 0.6) is 5.75 Å². The van der Waals surface area contributed by atoms with E-state index in [2.05, 4.69) is 64.0 Å². The maximum Gasteiger partial charge on any atom is 0.134 e. The lowest BCUT2D eigenvalue weighted by Gasteiger charge is -2.13. The number of ether oxygens (including phenoxy) is 1. The van der Waals surface area contributed by atoms with E-state index in [0.29, 0.717) is 6.61 Å². The first kappa shape index (κ1) is 21.9. The topological polar surface area (TPSA) is 50.3 Å². The molecule has 5 nitrogen and oxygen atoms in total. The first-order valence-corrected chi connectivity index (χ1v) is 11.4. The van der Waals surface area contributed by atoms with E-state index in [0.717, 1.165) is 39.8 Å². The van der Waals surface area contributed by atoms with E-state index in [1.54, 1.807) is 18.3 Å². The first-order valence-electron chi connectivity index (χ1n) is 10.4. The Balaban J connectivity index is 1.51. The van der Waals surface area contributed by atoms with Crippen molar-refractivity contribution in [2.45, 2.75) is 12.4 Å². The summed E-state index contributed by atoms with van der Waals surface area (Å²) in [5, 5.41) is 3.40. The summed E-state index contributed by atoms with van der Waals surface area (Å²) < 4.78 is 8.22. The molecule has 6 heteroatoms. The van der Waals surface area contributed by atoms with Crippen molar-refractivity contribution >= 4 is 23.5 Å². The summed E-state index contributed by atoms with van der Waals surface area (Å²) in [4.78, 5) is 8.90. The van der Waals surface area contributed by atoms with Gasteiger partial charge in [0.2, 0.25) is 0 Å². The standard InChI is InChI=1S/C26H26N4OS/c1-30(2)32-18-21-11-8-12-22(15-21)29-26-16-24(27-19-28-26)23-13-6-7-14-25(23)31-17-20-9-4-3-5-10-20/h3-16,19H,17-18H2,1-2H3,(H,27,28,29). The quantitative estimate of drug-likeness (QED) is 0.313. The van der Waals surface area contributed by atoms with Gasteiger partial charge in [-0.05, 0) is 49.5 Å². The second-order valence-electron chi connectivity index (χ2n) is 7.47. The fourth-order valence-electron chi connectivity index (χ4n) is 3.20. The van der Waals surface area contributed by atoms with Crippen molar-refractivity contribution < 1.29 is 4.74 Å². The van der Waals surface area contributed by atoms with Gasteiger partial charge in [0, 0.05) is 23.1 Å². The molecular formula is C26H26N4OS.